The molecule has 1 atom stereocenters. The largest absolute Gasteiger partial charge is 0.407 e. The van der Waals surface area contributed by atoms with Crippen LogP contribution in [0.15, 0.2) is 4.42 Å². The van der Waals surface area contributed by atoms with Gasteiger partial charge >= 0.3 is 6.01 Å². The summed E-state index contributed by atoms with van der Waals surface area (Å²) in [5.41, 5.74) is 0. The van der Waals surface area contributed by atoms with Gasteiger partial charge in [0.1, 0.15) is 5.88 Å². The predicted octanol–water partition coefficient (Wildman–Crippen LogP) is 2.58. The maximum atomic E-state index is 5.63. The zero-order valence-electron chi connectivity index (χ0n) is 8.95. The Morgan fingerprint density at radius 2 is 2.33 bits per heavy atom. The number of aromatic nitrogens is 2. The molecule has 15 heavy (non-hydrogen) atoms. The van der Waals surface area contributed by atoms with Gasteiger partial charge in [-0.2, -0.15) is 0 Å². The fourth-order valence-corrected chi connectivity index (χ4v) is 2.20. The average Bonchev–Trinajstić information content (AvgIpc) is 2.77. The molecule has 1 aliphatic heterocycles. The summed E-state index contributed by atoms with van der Waals surface area (Å²) in [5.74, 6) is 0.796. The Hall–Kier alpha value is -0.770. The number of anilines is 1. The van der Waals surface area contributed by atoms with Crippen molar-refractivity contribution in [1.82, 2.24) is 10.2 Å². The fraction of sp³-hybridized carbons (Fsp3) is 0.800. The van der Waals surface area contributed by atoms with Crippen LogP contribution in [0.3, 0.4) is 0 Å². The summed E-state index contributed by atoms with van der Waals surface area (Å²) in [6.45, 7) is 3.21. The summed E-state index contributed by atoms with van der Waals surface area (Å²) in [7, 11) is 0. The van der Waals surface area contributed by atoms with Gasteiger partial charge in [0.25, 0.3) is 0 Å². The first-order valence-electron chi connectivity index (χ1n) is 5.50. The van der Waals surface area contributed by atoms with Crippen LogP contribution in [0.5, 0.6) is 0 Å². The van der Waals surface area contributed by atoms with E-state index in [2.05, 4.69) is 22.0 Å². The number of nitrogens with zero attached hydrogens (tertiary/aromatic N) is 3. The van der Waals surface area contributed by atoms with Gasteiger partial charge in [-0.1, -0.05) is 12.0 Å². The SMILES string of the molecule is CCC1CCCCN1c1nnc(CCl)o1. The molecule has 0 aromatic carbocycles. The number of hydrogen-bond donors (Lipinski definition) is 0. The monoisotopic (exact) mass is 229 g/mol. The Balaban J connectivity index is 2.12. The van der Waals surface area contributed by atoms with Gasteiger partial charge in [0.15, 0.2) is 0 Å². The smallest absolute Gasteiger partial charge is 0.318 e. The van der Waals surface area contributed by atoms with Crippen molar-refractivity contribution in [2.45, 2.75) is 44.5 Å². The second-order valence-corrected chi connectivity index (χ2v) is 4.13. The van der Waals surface area contributed by atoms with Crippen molar-refractivity contribution in [3.63, 3.8) is 0 Å². The summed E-state index contributed by atoms with van der Waals surface area (Å²) < 4.78 is 5.48. The van der Waals surface area contributed by atoms with Gasteiger partial charge in [-0.15, -0.1) is 16.7 Å². The normalized spacial score (nSPS) is 22.0. The van der Waals surface area contributed by atoms with E-state index in [-0.39, 0.29) is 5.88 Å². The molecule has 0 N–H and O–H groups in total. The quantitative estimate of drug-likeness (QED) is 0.748. The van der Waals surface area contributed by atoms with Crippen LogP contribution in [0.4, 0.5) is 6.01 Å². The standard InChI is InChI=1S/C10H16ClN3O/c1-2-8-5-3-4-6-14(8)10-13-12-9(7-11)15-10/h8H,2-7H2,1H3. The van der Waals surface area contributed by atoms with Crippen LogP contribution in [-0.2, 0) is 5.88 Å². The van der Waals surface area contributed by atoms with Crippen LogP contribution in [0.1, 0.15) is 38.5 Å². The molecule has 0 spiro atoms. The van der Waals surface area contributed by atoms with E-state index in [4.69, 9.17) is 16.0 Å². The third-order valence-electron chi connectivity index (χ3n) is 2.91. The Morgan fingerprint density at radius 1 is 1.47 bits per heavy atom. The molecular formula is C10H16ClN3O. The highest BCUT2D eigenvalue weighted by Crippen LogP contribution is 2.25. The minimum Gasteiger partial charge on any atom is -0.407 e. The molecule has 0 aliphatic carbocycles. The van der Waals surface area contributed by atoms with E-state index in [1.165, 1.54) is 19.3 Å². The first-order chi connectivity index (χ1) is 7.35. The summed E-state index contributed by atoms with van der Waals surface area (Å²) in [6, 6.07) is 1.18. The third-order valence-corrected chi connectivity index (χ3v) is 3.14. The summed E-state index contributed by atoms with van der Waals surface area (Å²) in [4.78, 5) is 2.21. The van der Waals surface area contributed by atoms with Crippen molar-refractivity contribution in [1.29, 1.82) is 0 Å². The van der Waals surface area contributed by atoms with Gasteiger partial charge < -0.3 is 9.32 Å². The maximum Gasteiger partial charge on any atom is 0.318 e. The van der Waals surface area contributed by atoms with Gasteiger partial charge in [0.2, 0.25) is 5.89 Å². The Morgan fingerprint density at radius 3 is 3.00 bits per heavy atom. The van der Waals surface area contributed by atoms with Gasteiger partial charge in [-0.05, 0) is 25.7 Å². The topological polar surface area (TPSA) is 42.2 Å². The van der Waals surface area contributed by atoms with Crippen LogP contribution in [0, 0.1) is 0 Å². The zero-order chi connectivity index (χ0) is 10.7. The second kappa shape index (κ2) is 4.84. The summed E-state index contributed by atoms with van der Waals surface area (Å²) in [5, 5.41) is 7.92. The molecule has 0 saturated carbocycles. The molecule has 2 rings (SSSR count). The highest BCUT2D eigenvalue weighted by Gasteiger charge is 2.24. The van der Waals surface area contributed by atoms with Crippen LogP contribution in [0.2, 0.25) is 0 Å². The molecule has 4 nitrogen and oxygen atoms in total. The molecule has 2 heterocycles. The number of alkyl halides is 1. The fourth-order valence-electron chi connectivity index (χ4n) is 2.09. The molecule has 0 bridgehead atoms. The number of hydrogen-bond acceptors (Lipinski definition) is 4. The van der Waals surface area contributed by atoms with E-state index < -0.39 is 0 Å². The minimum absolute atomic E-state index is 0.289. The van der Waals surface area contributed by atoms with Gasteiger partial charge in [0, 0.05) is 12.6 Å². The zero-order valence-corrected chi connectivity index (χ0v) is 9.70. The minimum atomic E-state index is 0.289. The van der Waals surface area contributed by atoms with Crippen molar-refractivity contribution < 1.29 is 4.42 Å². The maximum absolute atomic E-state index is 5.63. The van der Waals surface area contributed by atoms with Gasteiger partial charge in [0.05, 0.1) is 0 Å². The Kier molecular flexibility index (Phi) is 3.46. The van der Waals surface area contributed by atoms with Crippen molar-refractivity contribution in [2.75, 3.05) is 11.4 Å². The molecule has 1 aromatic heterocycles. The molecule has 84 valence electrons. The highest BCUT2D eigenvalue weighted by molar-refractivity contribution is 6.16. The van der Waals surface area contributed by atoms with Crippen molar-refractivity contribution >= 4 is 17.6 Å². The second-order valence-electron chi connectivity index (χ2n) is 3.86. The Labute approximate surface area is 94.6 Å². The lowest BCUT2D eigenvalue weighted by atomic mass is 10.0. The third kappa shape index (κ3) is 2.25. The number of rotatable bonds is 3. The van der Waals surface area contributed by atoms with Crippen molar-refractivity contribution in [2.24, 2.45) is 0 Å². The number of piperidine rings is 1. The van der Waals surface area contributed by atoms with Gasteiger partial charge in [-0.25, -0.2) is 0 Å². The number of halogens is 1. The lowest BCUT2D eigenvalue weighted by molar-refractivity contribution is 0.403. The average molecular weight is 230 g/mol. The van der Waals surface area contributed by atoms with Crippen LogP contribution >= 0.6 is 11.6 Å². The molecule has 1 fully saturated rings. The van der Waals surface area contributed by atoms with Crippen molar-refractivity contribution in [3.05, 3.63) is 5.89 Å². The molecule has 1 aromatic rings. The molecule has 5 heteroatoms. The van der Waals surface area contributed by atoms with E-state index >= 15 is 0 Å². The summed E-state index contributed by atoms with van der Waals surface area (Å²) >= 11 is 5.63. The molecular weight excluding hydrogens is 214 g/mol. The molecule has 0 radical (unpaired) electrons. The van der Waals surface area contributed by atoms with Gasteiger partial charge in [-0.3, -0.25) is 0 Å². The highest BCUT2D eigenvalue weighted by atomic mass is 35.5. The van der Waals surface area contributed by atoms with E-state index in [1.807, 2.05) is 0 Å². The van der Waals surface area contributed by atoms with E-state index in [1.54, 1.807) is 0 Å². The van der Waals surface area contributed by atoms with Crippen molar-refractivity contribution in [3.8, 4) is 0 Å². The van der Waals surface area contributed by atoms with Crippen LogP contribution < -0.4 is 4.90 Å². The molecule has 1 aliphatic rings. The van der Waals surface area contributed by atoms with Crippen LogP contribution in [0.25, 0.3) is 0 Å². The van der Waals surface area contributed by atoms with E-state index in [0.29, 0.717) is 17.9 Å². The predicted molar refractivity (Wildman–Crippen MR) is 59.1 cm³/mol. The molecule has 1 saturated heterocycles. The first kappa shape index (κ1) is 10.7. The molecule has 1 unspecified atom stereocenters. The first-order valence-corrected chi connectivity index (χ1v) is 6.03. The lowest BCUT2D eigenvalue weighted by Gasteiger charge is -2.33. The summed E-state index contributed by atoms with van der Waals surface area (Å²) in [6.07, 6.45) is 4.84. The Bertz CT molecular complexity index is 315. The lowest BCUT2D eigenvalue weighted by Crippen LogP contribution is -2.39. The molecule has 0 amide bonds. The van der Waals surface area contributed by atoms with Crippen LogP contribution in [-0.4, -0.2) is 22.8 Å². The van der Waals surface area contributed by atoms with E-state index in [9.17, 15) is 0 Å². The van der Waals surface area contributed by atoms with E-state index in [0.717, 1.165) is 13.0 Å².